The summed E-state index contributed by atoms with van der Waals surface area (Å²) in [6.45, 7) is 1.70. The van der Waals surface area contributed by atoms with Crippen LogP contribution in [0.1, 0.15) is 5.82 Å². The maximum Gasteiger partial charge on any atom is 0.279 e. The molecule has 0 saturated heterocycles. The number of nitrogens with zero attached hydrogens (tertiary/aromatic N) is 3. The molecule has 0 spiro atoms. The fraction of sp³-hybridized carbons (Fsp3) is 0.250. The monoisotopic (exact) mass is 393 g/mol. The van der Waals surface area contributed by atoms with Gasteiger partial charge in [-0.2, -0.15) is 0 Å². The first kappa shape index (κ1) is 18.3. The zero-order chi connectivity index (χ0) is 18.8. The summed E-state index contributed by atoms with van der Waals surface area (Å²) < 4.78 is 6.89. The Labute approximate surface area is 157 Å². The van der Waals surface area contributed by atoms with Crippen molar-refractivity contribution in [3.05, 3.63) is 39.4 Å². The summed E-state index contributed by atoms with van der Waals surface area (Å²) in [7, 11) is 3.26. The number of aryl methyl sites for hydroxylation is 2. The second-order valence-electron chi connectivity index (χ2n) is 5.46. The van der Waals surface area contributed by atoms with Crippen LogP contribution in [0.5, 0.6) is 5.75 Å². The Kier molecular flexibility index (Phi) is 5.19. The van der Waals surface area contributed by atoms with E-state index in [1.165, 1.54) is 18.9 Å². The average molecular weight is 394 g/mol. The van der Waals surface area contributed by atoms with Crippen molar-refractivity contribution in [2.24, 2.45) is 7.05 Å². The number of halogens is 1. The van der Waals surface area contributed by atoms with Crippen molar-refractivity contribution < 1.29 is 9.53 Å². The molecule has 0 aliphatic heterocycles. The lowest BCUT2D eigenvalue weighted by Crippen LogP contribution is -2.15. The average Bonchev–Trinajstić information content (AvgIpc) is 2.90. The van der Waals surface area contributed by atoms with Crippen molar-refractivity contribution in [2.45, 2.75) is 12.1 Å². The van der Waals surface area contributed by atoms with Crippen molar-refractivity contribution in [1.82, 2.24) is 19.5 Å². The highest BCUT2D eigenvalue weighted by Gasteiger charge is 2.15. The van der Waals surface area contributed by atoms with Crippen LogP contribution in [-0.2, 0) is 11.8 Å². The highest BCUT2D eigenvalue weighted by Crippen LogP contribution is 2.28. The highest BCUT2D eigenvalue weighted by molar-refractivity contribution is 7.99. The number of rotatable bonds is 5. The molecule has 3 aromatic rings. The van der Waals surface area contributed by atoms with Gasteiger partial charge in [-0.25, -0.2) is 9.97 Å². The maximum atomic E-state index is 12.3. The number of methoxy groups -OCH3 is 1. The Morgan fingerprint density at radius 3 is 2.92 bits per heavy atom. The van der Waals surface area contributed by atoms with Crippen LogP contribution in [0.2, 0.25) is 5.02 Å². The molecular weight excluding hydrogens is 378 g/mol. The number of fused-ring (bicyclic) bond motifs is 1. The van der Waals surface area contributed by atoms with E-state index in [9.17, 15) is 9.59 Å². The van der Waals surface area contributed by atoms with Gasteiger partial charge < -0.3 is 19.6 Å². The molecule has 0 fully saturated rings. The second-order valence-corrected chi connectivity index (χ2v) is 6.84. The predicted molar refractivity (Wildman–Crippen MR) is 101 cm³/mol. The van der Waals surface area contributed by atoms with Gasteiger partial charge in [-0.1, -0.05) is 23.4 Å². The van der Waals surface area contributed by atoms with E-state index in [0.717, 1.165) is 0 Å². The van der Waals surface area contributed by atoms with Crippen LogP contribution >= 0.6 is 23.4 Å². The Hall–Kier alpha value is -2.52. The first-order chi connectivity index (χ1) is 12.4. The molecule has 0 atom stereocenters. The van der Waals surface area contributed by atoms with Gasteiger partial charge in [-0.3, -0.25) is 9.59 Å². The molecule has 2 N–H and O–H groups in total. The number of thioether (sulfide) groups is 1. The van der Waals surface area contributed by atoms with E-state index in [1.807, 2.05) is 0 Å². The van der Waals surface area contributed by atoms with E-state index >= 15 is 0 Å². The van der Waals surface area contributed by atoms with Crippen LogP contribution in [-0.4, -0.2) is 38.3 Å². The lowest BCUT2D eigenvalue weighted by Gasteiger charge is -2.10. The summed E-state index contributed by atoms with van der Waals surface area (Å²) >= 11 is 7.16. The van der Waals surface area contributed by atoms with Gasteiger partial charge in [0.15, 0.2) is 16.3 Å². The third kappa shape index (κ3) is 3.68. The number of hydrogen-bond donors (Lipinski definition) is 2. The number of benzene rings is 1. The van der Waals surface area contributed by atoms with Crippen molar-refractivity contribution in [3.63, 3.8) is 0 Å². The number of hydrogen-bond acceptors (Lipinski definition) is 6. The normalized spacial score (nSPS) is 10.9. The molecule has 2 aromatic heterocycles. The minimum atomic E-state index is -0.303. The van der Waals surface area contributed by atoms with Gasteiger partial charge in [0, 0.05) is 12.1 Å². The Morgan fingerprint density at radius 1 is 1.42 bits per heavy atom. The summed E-state index contributed by atoms with van der Waals surface area (Å²) in [5.41, 5.74) is 0.913. The highest BCUT2D eigenvalue weighted by atomic mass is 35.5. The van der Waals surface area contributed by atoms with Crippen LogP contribution in [0.25, 0.3) is 11.2 Å². The molecule has 26 heavy (non-hydrogen) atoms. The largest absolute Gasteiger partial charge is 0.495 e. The quantitative estimate of drug-likeness (QED) is 0.645. The minimum Gasteiger partial charge on any atom is -0.495 e. The molecule has 0 aliphatic carbocycles. The molecule has 10 heteroatoms. The van der Waals surface area contributed by atoms with Gasteiger partial charge in [0.2, 0.25) is 5.91 Å². The summed E-state index contributed by atoms with van der Waals surface area (Å²) in [5, 5.41) is 3.77. The number of aromatic nitrogens is 4. The number of anilines is 1. The third-order valence-corrected chi connectivity index (χ3v) is 4.84. The zero-order valence-electron chi connectivity index (χ0n) is 14.3. The summed E-state index contributed by atoms with van der Waals surface area (Å²) in [4.78, 5) is 35.4. The van der Waals surface area contributed by atoms with Crippen LogP contribution in [0.15, 0.2) is 28.2 Å². The Bertz CT molecular complexity index is 1050. The van der Waals surface area contributed by atoms with Crippen LogP contribution < -0.4 is 15.6 Å². The fourth-order valence-electron chi connectivity index (χ4n) is 2.38. The number of ether oxygens (including phenoxy) is 1. The van der Waals surface area contributed by atoms with Crippen molar-refractivity contribution >= 4 is 46.1 Å². The Morgan fingerprint density at radius 2 is 2.19 bits per heavy atom. The Balaban J connectivity index is 1.75. The van der Waals surface area contributed by atoms with Gasteiger partial charge >= 0.3 is 0 Å². The smallest absolute Gasteiger partial charge is 0.279 e. The molecule has 8 nitrogen and oxygen atoms in total. The molecule has 1 aromatic carbocycles. The first-order valence-electron chi connectivity index (χ1n) is 7.58. The van der Waals surface area contributed by atoms with E-state index in [4.69, 9.17) is 16.3 Å². The van der Waals surface area contributed by atoms with Crippen LogP contribution in [0.3, 0.4) is 0 Å². The summed E-state index contributed by atoms with van der Waals surface area (Å²) in [6, 6.07) is 4.97. The van der Waals surface area contributed by atoms with Crippen molar-refractivity contribution in [3.8, 4) is 5.75 Å². The number of aromatic amines is 1. The third-order valence-electron chi connectivity index (χ3n) is 3.57. The van der Waals surface area contributed by atoms with Crippen molar-refractivity contribution in [1.29, 1.82) is 0 Å². The van der Waals surface area contributed by atoms with Crippen LogP contribution in [0.4, 0.5) is 5.69 Å². The standard InChI is InChI=1S/C16H16ClN5O3S/c1-8-18-14-13(15(24)19-8)21-16(22(14)2)26-7-12(23)20-10-6-9(17)4-5-11(10)25-3/h4-6H,7H2,1-3H3,(H,20,23)(H,18,19,24). The SMILES string of the molecule is COc1ccc(Cl)cc1NC(=O)CSc1nc2c(=O)[nH]c(C)nc2n1C. The van der Waals surface area contributed by atoms with Gasteiger partial charge in [-0.15, -0.1) is 0 Å². The molecule has 0 unspecified atom stereocenters. The number of carbonyl (C=O) groups is 1. The zero-order valence-corrected chi connectivity index (χ0v) is 15.9. The molecule has 3 rings (SSSR count). The number of carbonyl (C=O) groups excluding carboxylic acids is 1. The number of H-pyrrole nitrogens is 1. The van der Waals surface area contributed by atoms with Crippen LogP contribution in [0, 0.1) is 6.92 Å². The number of imidazole rings is 1. The number of amides is 1. The fourth-order valence-corrected chi connectivity index (χ4v) is 3.32. The van der Waals surface area contributed by atoms with E-state index in [0.29, 0.717) is 33.1 Å². The van der Waals surface area contributed by atoms with E-state index in [-0.39, 0.29) is 22.7 Å². The summed E-state index contributed by atoms with van der Waals surface area (Å²) in [6.07, 6.45) is 0. The van der Waals surface area contributed by atoms with E-state index < -0.39 is 0 Å². The van der Waals surface area contributed by atoms with Gasteiger partial charge in [0.1, 0.15) is 11.6 Å². The lowest BCUT2D eigenvalue weighted by atomic mass is 10.3. The molecular formula is C16H16ClN5O3S. The van der Waals surface area contributed by atoms with E-state index in [2.05, 4.69) is 20.3 Å². The second kappa shape index (κ2) is 7.38. The minimum absolute atomic E-state index is 0.101. The molecule has 0 bridgehead atoms. The molecule has 0 radical (unpaired) electrons. The van der Waals surface area contributed by atoms with Gasteiger partial charge in [-0.05, 0) is 25.1 Å². The summed E-state index contributed by atoms with van der Waals surface area (Å²) in [5.74, 6) is 0.874. The first-order valence-corrected chi connectivity index (χ1v) is 8.95. The molecule has 1 amide bonds. The van der Waals surface area contributed by atoms with Gasteiger partial charge in [0.25, 0.3) is 5.56 Å². The molecule has 0 saturated carbocycles. The van der Waals surface area contributed by atoms with Gasteiger partial charge in [0.05, 0.1) is 18.6 Å². The van der Waals surface area contributed by atoms with Crippen molar-refractivity contribution in [2.75, 3.05) is 18.2 Å². The predicted octanol–water partition coefficient (Wildman–Crippen LogP) is 2.36. The molecule has 136 valence electrons. The van der Waals surface area contributed by atoms with E-state index in [1.54, 1.807) is 36.7 Å². The molecule has 2 heterocycles. The molecule has 0 aliphatic rings. The topological polar surface area (TPSA) is 102 Å². The maximum absolute atomic E-state index is 12.3. The lowest BCUT2D eigenvalue weighted by molar-refractivity contribution is -0.113. The number of nitrogens with one attached hydrogen (secondary N) is 2.